The molecule has 0 aromatic rings. The molecule has 1 unspecified atom stereocenters. The Hall–Kier alpha value is -2.20. The Balaban J connectivity index is 2.21. The van der Waals surface area contributed by atoms with Gasteiger partial charge in [-0.25, -0.2) is 0 Å². The van der Waals surface area contributed by atoms with Crippen LogP contribution in [-0.2, 0) is 0 Å². The molecular weight excluding hydrogens is 230 g/mol. The molecule has 0 fully saturated rings. The first-order valence-corrected chi connectivity index (χ1v) is 5.68. The van der Waals surface area contributed by atoms with Crippen molar-refractivity contribution < 1.29 is 15.3 Å². The topological polar surface area (TPSA) is 63.9 Å². The first kappa shape index (κ1) is 10.9. The Labute approximate surface area is 104 Å². The van der Waals surface area contributed by atoms with Crippen molar-refractivity contribution in [2.45, 2.75) is 13.0 Å². The fourth-order valence-corrected chi connectivity index (χ4v) is 2.41. The summed E-state index contributed by atoms with van der Waals surface area (Å²) in [6.45, 7) is 1.88. The van der Waals surface area contributed by atoms with Crippen LogP contribution in [0.2, 0.25) is 0 Å². The molecule has 0 aromatic carbocycles. The van der Waals surface area contributed by atoms with E-state index in [9.17, 15) is 15.3 Å². The van der Waals surface area contributed by atoms with Crippen molar-refractivity contribution in [3.63, 3.8) is 0 Å². The molecule has 92 valence electrons. The van der Waals surface area contributed by atoms with Gasteiger partial charge in [0, 0.05) is 29.2 Å². The lowest BCUT2D eigenvalue weighted by molar-refractivity contribution is 0.133. The first-order chi connectivity index (χ1) is 8.59. The van der Waals surface area contributed by atoms with Gasteiger partial charge in [-0.05, 0) is 30.7 Å². The SMILES string of the molecule is CC1=C2C=CC=CN2C=C2C=C(O)C(O)C(O)=C21. The number of aliphatic hydroxyl groups excluding tert-OH is 3. The third kappa shape index (κ3) is 1.36. The van der Waals surface area contributed by atoms with E-state index in [1.54, 1.807) is 0 Å². The molecule has 0 aromatic heterocycles. The van der Waals surface area contributed by atoms with Crippen LogP contribution in [-0.4, -0.2) is 26.3 Å². The Morgan fingerprint density at radius 3 is 2.78 bits per heavy atom. The molecule has 18 heavy (non-hydrogen) atoms. The predicted octanol–water partition coefficient (Wildman–Crippen LogP) is 2.17. The van der Waals surface area contributed by atoms with E-state index in [1.807, 2.05) is 42.5 Å². The monoisotopic (exact) mass is 243 g/mol. The standard InChI is InChI=1S/C14H13NO3/c1-8-10-4-2-3-5-15(10)7-9-6-11(16)13(17)14(18)12(8)9/h2-7,13,16-18H,1H3. The second-order valence-electron chi connectivity index (χ2n) is 4.43. The van der Waals surface area contributed by atoms with Crippen molar-refractivity contribution >= 4 is 0 Å². The van der Waals surface area contributed by atoms with Gasteiger partial charge in [-0.2, -0.15) is 0 Å². The zero-order valence-corrected chi connectivity index (χ0v) is 9.83. The van der Waals surface area contributed by atoms with E-state index in [0.717, 1.165) is 11.3 Å². The molecular formula is C14H13NO3. The lowest BCUT2D eigenvalue weighted by atomic mass is 9.87. The smallest absolute Gasteiger partial charge is 0.168 e. The molecule has 2 heterocycles. The Morgan fingerprint density at radius 2 is 2.00 bits per heavy atom. The molecule has 0 spiro atoms. The van der Waals surface area contributed by atoms with Gasteiger partial charge in [0.1, 0.15) is 11.5 Å². The predicted molar refractivity (Wildman–Crippen MR) is 67.3 cm³/mol. The van der Waals surface area contributed by atoms with Crippen LogP contribution in [0.25, 0.3) is 0 Å². The van der Waals surface area contributed by atoms with Crippen LogP contribution in [0, 0.1) is 0 Å². The molecule has 0 bridgehead atoms. The number of nitrogens with zero attached hydrogens (tertiary/aromatic N) is 1. The summed E-state index contributed by atoms with van der Waals surface area (Å²) in [7, 11) is 0. The number of fused-ring (bicyclic) bond motifs is 2. The van der Waals surface area contributed by atoms with Crippen molar-refractivity contribution in [1.82, 2.24) is 4.90 Å². The lowest BCUT2D eigenvalue weighted by Crippen LogP contribution is -2.25. The van der Waals surface area contributed by atoms with Gasteiger partial charge in [-0.1, -0.05) is 6.08 Å². The lowest BCUT2D eigenvalue weighted by Gasteiger charge is -2.32. The van der Waals surface area contributed by atoms with Crippen LogP contribution >= 0.6 is 0 Å². The van der Waals surface area contributed by atoms with Crippen molar-refractivity contribution in [2.24, 2.45) is 0 Å². The zero-order chi connectivity index (χ0) is 12.9. The molecule has 0 radical (unpaired) electrons. The van der Waals surface area contributed by atoms with Crippen LogP contribution in [0.15, 0.2) is 70.6 Å². The molecule has 4 heteroatoms. The van der Waals surface area contributed by atoms with Gasteiger partial charge in [-0.15, -0.1) is 0 Å². The molecule has 3 rings (SSSR count). The van der Waals surface area contributed by atoms with Crippen LogP contribution in [0.4, 0.5) is 0 Å². The summed E-state index contributed by atoms with van der Waals surface area (Å²) in [6, 6.07) is 0. The Morgan fingerprint density at radius 1 is 1.22 bits per heavy atom. The molecule has 2 aliphatic heterocycles. The summed E-state index contributed by atoms with van der Waals surface area (Å²) in [5.41, 5.74) is 3.10. The highest BCUT2D eigenvalue weighted by atomic mass is 16.4. The van der Waals surface area contributed by atoms with Crippen molar-refractivity contribution in [3.05, 3.63) is 70.6 Å². The number of aliphatic hydroxyl groups is 3. The minimum atomic E-state index is -1.33. The fraction of sp³-hybridized carbons (Fsp3) is 0.143. The molecule has 3 N–H and O–H groups in total. The van der Waals surface area contributed by atoms with Gasteiger partial charge in [0.15, 0.2) is 6.10 Å². The van der Waals surface area contributed by atoms with E-state index < -0.39 is 6.10 Å². The van der Waals surface area contributed by atoms with Gasteiger partial charge < -0.3 is 20.2 Å². The quantitative estimate of drug-likeness (QED) is 0.610. The first-order valence-electron chi connectivity index (χ1n) is 5.68. The molecule has 1 aliphatic carbocycles. The summed E-state index contributed by atoms with van der Waals surface area (Å²) in [5.74, 6) is -0.441. The van der Waals surface area contributed by atoms with E-state index >= 15 is 0 Å². The van der Waals surface area contributed by atoms with E-state index in [1.165, 1.54) is 6.08 Å². The number of hydrogen-bond donors (Lipinski definition) is 3. The number of rotatable bonds is 0. The summed E-state index contributed by atoms with van der Waals surface area (Å²) in [4.78, 5) is 1.92. The van der Waals surface area contributed by atoms with Crippen molar-refractivity contribution in [2.75, 3.05) is 0 Å². The van der Waals surface area contributed by atoms with E-state index in [4.69, 9.17) is 0 Å². The summed E-state index contributed by atoms with van der Waals surface area (Å²) >= 11 is 0. The maximum absolute atomic E-state index is 10.00. The zero-order valence-electron chi connectivity index (χ0n) is 9.83. The molecule has 0 saturated heterocycles. The fourth-order valence-electron chi connectivity index (χ4n) is 2.41. The van der Waals surface area contributed by atoms with Gasteiger partial charge in [0.2, 0.25) is 0 Å². The molecule has 1 atom stereocenters. The van der Waals surface area contributed by atoms with Crippen molar-refractivity contribution in [1.29, 1.82) is 0 Å². The largest absolute Gasteiger partial charge is 0.509 e. The Bertz CT molecular complexity index is 603. The summed E-state index contributed by atoms with van der Waals surface area (Å²) in [6.07, 6.45) is 9.62. The van der Waals surface area contributed by atoms with Gasteiger partial charge in [-0.3, -0.25) is 0 Å². The molecule has 4 nitrogen and oxygen atoms in total. The normalized spacial score (nSPS) is 25.9. The van der Waals surface area contributed by atoms with Crippen LogP contribution in [0.5, 0.6) is 0 Å². The highest BCUT2D eigenvalue weighted by Gasteiger charge is 2.31. The highest BCUT2D eigenvalue weighted by Crippen LogP contribution is 2.38. The van der Waals surface area contributed by atoms with Crippen molar-refractivity contribution in [3.8, 4) is 0 Å². The third-order valence-electron chi connectivity index (χ3n) is 3.31. The molecule has 3 aliphatic rings. The Kier molecular flexibility index (Phi) is 2.21. The number of hydrogen-bond acceptors (Lipinski definition) is 4. The van der Waals surface area contributed by atoms with E-state index in [-0.39, 0.29) is 11.5 Å². The average molecular weight is 243 g/mol. The highest BCUT2D eigenvalue weighted by molar-refractivity contribution is 5.62. The summed E-state index contributed by atoms with van der Waals surface area (Å²) in [5, 5.41) is 29.3. The minimum absolute atomic E-state index is 0.200. The second kappa shape index (κ2) is 3.65. The maximum atomic E-state index is 10.00. The van der Waals surface area contributed by atoms with E-state index in [0.29, 0.717) is 11.1 Å². The maximum Gasteiger partial charge on any atom is 0.168 e. The molecule has 0 amide bonds. The van der Waals surface area contributed by atoms with Gasteiger partial charge in [0.25, 0.3) is 0 Å². The molecule has 0 saturated carbocycles. The summed E-state index contributed by atoms with van der Waals surface area (Å²) < 4.78 is 0. The van der Waals surface area contributed by atoms with Gasteiger partial charge in [0.05, 0.1) is 0 Å². The van der Waals surface area contributed by atoms with Crippen LogP contribution < -0.4 is 0 Å². The van der Waals surface area contributed by atoms with E-state index in [2.05, 4.69) is 0 Å². The average Bonchev–Trinajstić information content (AvgIpc) is 2.36. The number of allylic oxidation sites excluding steroid dienone is 7. The van der Waals surface area contributed by atoms with Gasteiger partial charge >= 0.3 is 0 Å². The van der Waals surface area contributed by atoms with Crippen LogP contribution in [0.3, 0.4) is 0 Å². The second-order valence-corrected chi connectivity index (χ2v) is 4.43. The minimum Gasteiger partial charge on any atom is -0.509 e. The van der Waals surface area contributed by atoms with Crippen LogP contribution in [0.1, 0.15) is 6.92 Å². The third-order valence-corrected chi connectivity index (χ3v) is 3.31.